The van der Waals surface area contributed by atoms with Gasteiger partial charge in [0.2, 0.25) is 0 Å². The van der Waals surface area contributed by atoms with E-state index in [2.05, 4.69) is 15.2 Å². The molecule has 4 rings (SSSR count). The van der Waals surface area contributed by atoms with E-state index in [0.717, 1.165) is 23.0 Å². The third kappa shape index (κ3) is 3.83. The zero-order valence-electron chi connectivity index (χ0n) is 14.5. The summed E-state index contributed by atoms with van der Waals surface area (Å²) in [4.78, 5) is 4.51. The molecule has 0 aliphatic heterocycles. The second-order valence-electron chi connectivity index (χ2n) is 5.85. The topological polar surface area (TPSA) is 56.7 Å². The van der Waals surface area contributed by atoms with Gasteiger partial charge in [0.05, 0.1) is 17.5 Å². The van der Waals surface area contributed by atoms with Crippen LogP contribution in [0.3, 0.4) is 0 Å². The second-order valence-corrected chi connectivity index (χ2v) is 7.65. The molecule has 0 aliphatic carbocycles. The molecule has 0 bridgehead atoms. The smallest absolute Gasteiger partial charge is 0.416 e. The molecular formula is C18H13F3N4OS2. The van der Waals surface area contributed by atoms with Crippen LogP contribution in [0.4, 0.5) is 13.2 Å². The molecule has 0 aliphatic rings. The molecule has 144 valence electrons. The molecule has 0 saturated carbocycles. The van der Waals surface area contributed by atoms with Crippen LogP contribution in [0.25, 0.3) is 22.2 Å². The molecule has 0 atom stereocenters. The van der Waals surface area contributed by atoms with E-state index in [1.54, 1.807) is 12.3 Å². The SMILES string of the molecule is Cn1c(SCc2csc(-c3ccc(C(F)(F)F)cc3)n2)nnc1-c1ccco1. The Labute approximate surface area is 166 Å². The van der Waals surface area contributed by atoms with Gasteiger partial charge in [-0.25, -0.2) is 4.98 Å². The van der Waals surface area contributed by atoms with Crippen LogP contribution < -0.4 is 0 Å². The van der Waals surface area contributed by atoms with Crippen molar-refractivity contribution < 1.29 is 17.6 Å². The minimum absolute atomic E-state index is 0.571. The Morgan fingerprint density at radius 3 is 2.61 bits per heavy atom. The first kappa shape index (κ1) is 18.8. The van der Waals surface area contributed by atoms with Gasteiger partial charge in [-0.1, -0.05) is 23.9 Å². The minimum Gasteiger partial charge on any atom is -0.461 e. The summed E-state index contributed by atoms with van der Waals surface area (Å²) < 4.78 is 45.2. The average Bonchev–Trinajstić information content (AvgIpc) is 3.41. The van der Waals surface area contributed by atoms with Crippen molar-refractivity contribution in [2.45, 2.75) is 17.1 Å². The number of benzene rings is 1. The van der Waals surface area contributed by atoms with Crippen molar-refractivity contribution >= 4 is 23.1 Å². The zero-order valence-corrected chi connectivity index (χ0v) is 16.1. The van der Waals surface area contributed by atoms with E-state index in [-0.39, 0.29) is 0 Å². The molecular weight excluding hydrogens is 409 g/mol. The third-order valence-corrected chi connectivity index (χ3v) is 5.93. The lowest BCUT2D eigenvalue weighted by atomic mass is 10.1. The van der Waals surface area contributed by atoms with Gasteiger partial charge in [0, 0.05) is 23.7 Å². The summed E-state index contributed by atoms with van der Waals surface area (Å²) in [6, 6.07) is 8.62. The van der Waals surface area contributed by atoms with Crippen LogP contribution in [0.1, 0.15) is 11.3 Å². The number of aromatic nitrogens is 4. The number of thioether (sulfide) groups is 1. The molecule has 0 fully saturated rings. The van der Waals surface area contributed by atoms with Gasteiger partial charge < -0.3 is 8.98 Å². The quantitative estimate of drug-likeness (QED) is 0.397. The van der Waals surface area contributed by atoms with Crippen LogP contribution in [-0.2, 0) is 19.0 Å². The average molecular weight is 422 g/mol. The van der Waals surface area contributed by atoms with Gasteiger partial charge in [0.15, 0.2) is 16.7 Å². The van der Waals surface area contributed by atoms with E-state index >= 15 is 0 Å². The monoisotopic (exact) mass is 422 g/mol. The number of hydrogen-bond acceptors (Lipinski definition) is 6. The van der Waals surface area contributed by atoms with Crippen LogP contribution in [0.2, 0.25) is 0 Å². The molecule has 0 radical (unpaired) electrons. The van der Waals surface area contributed by atoms with Gasteiger partial charge in [-0.2, -0.15) is 13.2 Å². The summed E-state index contributed by atoms with van der Waals surface area (Å²) in [6.45, 7) is 0. The van der Waals surface area contributed by atoms with Crippen molar-refractivity contribution in [3.05, 3.63) is 59.3 Å². The van der Waals surface area contributed by atoms with E-state index in [0.29, 0.717) is 27.9 Å². The standard InChI is InChI=1S/C18H13F3N4OS2/c1-25-15(14-3-2-8-26-14)23-24-17(25)28-10-13-9-27-16(22-13)11-4-6-12(7-5-11)18(19,20)21/h2-9H,10H2,1H3. The van der Waals surface area contributed by atoms with Crippen molar-refractivity contribution in [1.82, 2.24) is 19.7 Å². The highest BCUT2D eigenvalue weighted by Crippen LogP contribution is 2.32. The molecule has 10 heteroatoms. The van der Waals surface area contributed by atoms with Gasteiger partial charge >= 0.3 is 6.18 Å². The van der Waals surface area contributed by atoms with E-state index in [9.17, 15) is 13.2 Å². The van der Waals surface area contributed by atoms with Gasteiger partial charge in [0.25, 0.3) is 0 Å². The Hall–Kier alpha value is -2.59. The number of furan rings is 1. The van der Waals surface area contributed by atoms with E-state index in [4.69, 9.17) is 4.42 Å². The summed E-state index contributed by atoms with van der Waals surface area (Å²) in [5, 5.41) is 11.6. The van der Waals surface area contributed by atoms with E-state index in [1.807, 2.05) is 23.1 Å². The zero-order chi connectivity index (χ0) is 19.7. The van der Waals surface area contributed by atoms with Crippen molar-refractivity contribution in [2.75, 3.05) is 0 Å². The van der Waals surface area contributed by atoms with Crippen LogP contribution in [0.15, 0.2) is 57.6 Å². The maximum atomic E-state index is 12.7. The molecule has 28 heavy (non-hydrogen) atoms. The molecule has 0 unspecified atom stereocenters. The second kappa shape index (κ2) is 7.44. The van der Waals surface area contributed by atoms with Crippen molar-refractivity contribution in [1.29, 1.82) is 0 Å². The van der Waals surface area contributed by atoms with Gasteiger partial charge in [0.1, 0.15) is 5.01 Å². The molecule has 3 heterocycles. The van der Waals surface area contributed by atoms with Crippen molar-refractivity contribution in [3.8, 4) is 22.2 Å². The molecule has 0 saturated heterocycles. The van der Waals surface area contributed by atoms with Gasteiger partial charge in [-0.3, -0.25) is 0 Å². The number of rotatable bonds is 5. The summed E-state index contributed by atoms with van der Waals surface area (Å²) in [7, 11) is 1.86. The third-order valence-electron chi connectivity index (χ3n) is 3.94. The fraction of sp³-hybridized carbons (Fsp3) is 0.167. The minimum atomic E-state index is -4.34. The first-order valence-electron chi connectivity index (χ1n) is 8.10. The Balaban J connectivity index is 1.44. The summed E-state index contributed by atoms with van der Waals surface area (Å²) >= 11 is 2.87. The van der Waals surface area contributed by atoms with Crippen LogP contribution in [0, 0.1) is 0 Å². The molecule has 1 aromatic carbocycles. The van der Waals surface area contributed by atoms with Crippen molar-refractivity contribution in [3.63, 3.8) is 0 Å². The Kier molecular flexibility index (Phi) is 4.98. The highest BCUT2D eigenvalue weighted by atomic mass is 32.2. The summed E-state index contributed by atoms with van der Waals surface area (Å²) in [5.74, 6) is 1.85. The number of hydrogen-bond donors (Lipinski definition) is 0. The van der Waals surface area contributed by atoms with Crippen LogP contribution in [0.5, 0.6) is 0 Å². The molecule has 0 N–H and O–H groups in total. The molecule has 4 aromatic rings. The molecule has 0 amide bonds. The van der Waals surface area contributed by atoms with E-state index in [1.165, 1.54) is 35.2 Å². The Morgan fingerprint density at radius 1 is 1.14 bits per heavy atom. The van der Waals surface area contributed by atoms with Crippen molar-refractivity contribution in [2.24, 2.45) is 7.05 Å². The summed E-state index contributed by atoms with van der Waals surface area (Å²) in [5.41, 5.74) is 0.818. The predicted molar refractivity (Wildman–Crippen MR) is 101 cm³/mol. The number of halogens is 3. The van der Waals surface area contributed by atoms with Crippen LogP contribution in [-0.4, -0.2) is 19.7 Å². The highest BCUT2D eigenvalue weighted by Gasteiger charge is 2.30. The highest BCUT2D eigenvalue weighted by molar-refractivity contribution is 7.98. The summed E-state index contributed by atoms with van der Waals surface area (Å²) in [6.07, 6.45) is -2.76. The van der Waals surface area contributed by atoms with E-state index < -0.39 is 11.7 Å². The number of nitrogens with zero attached hydrogens (tertiary/aromatic N) is 4. The maximum absolute atomic E-state index is 12.7. The largest absolute Gasteiger partial charge is 0.461 e. The molecule has 3 aromatic heterocycles. The number of alkyl halides is 3. The lowest BCUT2D eigenvalue weighted by molar-refractivity contribution is -0.137. The normalized spacial score (nSPS) is 11.9. The molecule has 0 spiro atoms. The van der Waals surface area contributed by atoms with Gasteiger partial charge in [-0.15, -0.1) is 21.5 Å². The lowest BCUT2D eigenvalue weighted by Gasteiger charge is -2.06. The lowest BCUT2D eigenvalue weighted by Crippen LogP contribution is -2.03. The Morgan fingerprint density at radius 2 is 1.93 bits per heavy atom. The van der Waals surface area contributed by atoms with Gasteiger partial charge in [-0.05, 0) is 24.3 Å². The molecule has 5 nitrogen and oxygen atoms in total. The fourth-order valence-corrected chi connectivity index (χ4v) is 4.24. The van der Waals surface area contributed by atoms with Crippen LogP contribution >= 0.6 is 23.1 Å². The first-order chi connectivity index (χ1) is 13.4. The first-order valence-corrected chi connectivity index (χ1v) is 9.96. The fourth-order valence-electron chi connectivity index (χ4n) is 2.51. The maximum Gasteiger partial charge on any atom is 0.416 e. The Bertz CT molecular complexity index is 1070. The predicted octanol–water partition coefficient (Wildman–Crippen LogP) is 5.51. The number of thiazole rings is 1.